The number of phenols is 1. The number of anilines is 1. The number of aromatic nitrogens is 1. The molecule has 0 bridgehead atoms. The monoisotopic (exact) mass is 228 g/mol. The fourth-order valence-electron chi connectivity index (χ4n) is 1.70. The van der Waals surface area contributed by atoms with Gasteiger partial charge in [-0.25, -0.2) is 0 Å². The molecular weight excluding hydrogens is 212 g/mol. The highest BCUT2D eigenvalue weighted by molar-refractivity contribution is 5.46. The number of benzene rings is 1. The van der Waals surface area contributed by atoms with Gasteiger partial charge in [0.15, 0.2) is 0 Å². The Morgan fingerprint density at radius 3 is 2.65 bits per heavy atom. The van der Waals surface area contributed by atoms with E-state index in [1.54, 1.807) is 12.3 Å². The third-order valence-corrected chi connectivity index (χ3v) is 2.68. The largest absolute Gasteiger partial charge is 0.508 e. The van der Waals surface area contributed by atoms with Gasteiger partial charge in [-0.15, -0.1) is 0 Å². The van der Waals surface area contributed by atoms with Crippen molar-refractivity contribution in [3.8, 4) is 5.75 Å². The Labute approximate surface area is 101 Å². The van der Waals surface area contributed by atoms with Crippen LogP contribution in [0.1, 0.15) is 11.3 Å². The van der Waals surface area contributed by atoms with E-state index in [1.165, 1.54) is 0 Å². The van der Waals surface area contributed by atoms with Gasteiger partial charge in [0.2, 0.25) is 0 Å². The van der Waals surface area contributed by atoms with Gasteiger partial charge in [-0.2, -0.15) is 0 Å². The van der Waals surface area contributed by atoms with Crippen molar-refractivity contribution < 1.29 is 5.11 Å². The zero-order chi connectivity index (χ0) is 12.3. The smallest absolute Gasteiger partial charge is 0.119 e. The minimum Gasteiger partial charge on any atom is -0.508 e. The van der Waals surface area contributed by atoms with E-state index in [9.17, 15) is 5.11 Å². The molecule has 0 aliphatic heterocycles. The lowest BCUT2D eigenvalue weighted by Crippen LogP contribution is -2.09. The molecule has 0 atom stereocenters. The number of para-hydroxylation sites is 1. The van der Waals surface area contributed by atoms with Crippen molar-refractivity contribution in [2.45, 2.75) is 6.42 Å². The number of hydrogen-bond donors (Lipinski definition) is 1. The summed E-state index contributed by atoms with van der Waals surface area (Å²) in [7, 11) is 4.00. The first-order chi connectivity index (χ1) is 8.16. The number of pyridine rings is 1. The molecule has 0 amide bonds. The minimum absolute atomic E-state index is 0.324. The third-order valence-electron chi connectivity index (χ3n) is 2.68. The molecule has 17 heavy (non-hydrogen) atoms. The third kappa shape index (κ3) is 2.75. The number of aromatic hydroxyl groups is 1. The van der Waals surface area contributed by atoms with Crippen LogP contribution in [0.5, 0.6) is 5.75 Å². The van der Waals surface area contributed by atoms with Crippen molar-refractivity contribution in [1.82, 2.24) is 4.98 Å². The van der Waals surface area contributed by atoms with Crippen molar-refractivity contribution in [2.75, 3.05) is 19.0 Å². The van der Waals surface area contributed by atoms with Crippen LogP contribution in [0, 0.1) is 0 Å². The molecule has 0 aliphatic rings. The standard InChI is InChI=1S/C14H16N2O/c1-16(2)13-7-8-15-12(10-13)9-11-5-3-4-6-14(11)17/h3-8,10,17H,9H2,1-2H3. The van der Waals surface area contributed by atoms with Gasteiger partial charge in [0, 0.05) is 38.1 Å². The maximum Gasteiger partial charge on any atom is 0.119 e. The van der Waals surface area contributed by atoms with Crippen LogP contribution in [0.15, 0.2) is 42.6 Å². The Balaban J connectivity index is 2.25. The zero-order valence-corrected chi connectivity index (χ0v) is 10.1. The van der Waals surface area contributed by atoms with Crippen LogP contribution in [0.4, 0.5) is 5.69 Å². The van der Waals surface area contributed by atoms with Crippen LogP contribution in [0.25, 0.3) is 0 Å². The average molecular weight is 228 g/mol. The van der Waals surface area contributed by atoms with E-state index in [4.69, 9.17) is 0 Å². The van der Waals surface area contributed by atoms with Crippen molar-refractivity contribution in [3.05, 3.63) is 53.9 Å². The van der Waals surface area contributed by atoms with E-state index in [2.05, 4.69) is 4.98 Å². The molecule has 1 N–H and O–H groups in total. The van der Waals surface area contributed by atoms with Gasteiger partial charge >= 0.3 is 0 Å². The average Bonchev–Trinajstić information content (AvgIpc) is 2.32. The topological polar surface area (TPSA) is 36.4 Å². The highest BCUT2D eigenvalue weighted by atomic mass is 16.3. The van der Waals surface area contributed by atoms with Gasteiger partial charge in [0.25, 0.3) is 0 Å². The summed E-state index contributed by atoms with van der Waals surface area (Å²) in [6, 6.07) is 11.4. The Kier molecular flexibility index (Phi) is 3.28. The molecular formula is C14H16N2O. The van der Waals surface area contributed by atoms with E-state index >= 15 is 0 Å². The quantitative estimate of drug-likeness (QED) is 0.876. The molecule has 2 aromatic rings. The highest BCUT2D eigenvalue weighted by Gasteiger charge is 2.04. The maximum atomic E-state index is 9.71. The van der Waals surface area contributed by atoms with Gasteiger partial charge in [0.1, 0.15) is 5.75 Å². The number of nitrogens with zero attached hydrogens (tertiary/aromatic N) is 2. The van der Waals surface area contributed by atoms with E-state index < -0.39 is 0 Å². The lowest BCUT2D eigenvalue weighted by molar-refractivity contribution is 0.469. The summed E-state index contributed by atoms with van der Waals surface area (Å²) in [4.78, 5) is 6.36. The van der Waals surface area contributed by atoms with Crippen molar-refractivity contribution >= 4 is 5.69 Å². The maximum absolute atomic E-state index is 9.71. The van der Waals surface area contributed by atoms with Gasteiger partial charge in [0.05, 0.1) is 0 Å². The number of phenolic OH excluding ortho intramolecular Hbond substituents is 1. The first-order valence-electron chi connectivity index (χ1n) is 5.56. The molecule has 0 spiro atoms. The van der Waals surface area contributed by atoms with Crippen molar-refractivity contribution in [1.29, 1.82) is 0 Å². The highest BCUT2D eigenvalue weighted by Crippen LogP contribution is 2.20. The molecule has 0 saturated carbocycles. The lowest BCUT2D eigenvalue weighted by atomic mass is 10.1. The molecule has 0 saturated heterocycles. The van der Waals surface area contributed by atoms with Crippen LogP contribution in [-0.4, -0.2) is 24.2 Å². The molecule has 1 aromatic carbocycles. The predicted octanol–water partition coefficient (Wildman–Crippen LogP) is 2.44. The van der Waals surface area contributed by atoms with Crippen LogP contribution < -0.4 is 4.90 Å². The second-order valence-electron chi connectivity index (χ2n) is 4.21. The van der Waals surface area contributed by atoms with E-state index in [1.807, 2.05) is 49.3 Å². The summed E-state index contributed by atoms with van der Waals surface area (Å²) in [6.45, 7) is 0. The van der Waals surface area contributed by atoms with Crippen molar-refractivity contribution in [2.24, 2.45) is 0 Å². The van der Waals surface area contributed by atoms with Gasteiger partial charge in [-0.1, -0.05) is 18.2 Å². The van der Waals surface area contributed by atoms with Gasteiger partial charge < -0.3 is 10.0 Å². The summed E-state index contributed by atoms with van der Waals surface area (Å²) in [5.74, 6) is 0.324. The van der Waals surface area contributed by atoms with Crippen molar-refractivity contribution in [3.63, 3.8) is 0 Å². The fourth-order valence-corrected chi connectivity index (χ4v) is 1.70. The SMILES string of the molecule is CN(C)c1ccnc(Cc2ccccc2O)c1. The summed E-state index contributed by atoms with van der Waals surface area (Å²) in [5, 5.41) is 9.71. The summed E-state index contributed by atoms with van der Waals surface area (Å²) < 4.78 is 0. The minimum atomic E-state index is 0.324. The molecule has 0 fully saturated rings. The van der Waals surface area contributed by atoms with Crippen LogP contribution >= 0.6 is 0 Å². The lowest BCUT2D eigenvalue weighted by Gasteiger charge is -2.13. The van der Waals surface area contributed by atoms with Gasteiger partial charge in [-0.3, -0.25) is 4.98 Å². The molecule has 0 radical (unpaired) electrons. The Morgan fingerprint density at radius 2 is 1.94 bits per heavy atom. The molecule has 0 unspecified atom stereocenters. The number of hydrogen-bond acceptors (Lipinski definition) is 3. The molecule has 88 valence electrons. The number of rotatable bonds is 3. The summed E-state index contributed by atoms with van der Waals surface area (Å²) in [5.41, 5.74) is 2.97. The molecule has 3 heteroatoms. The first kappa shape index (κ1) is 11.5. The summed E-state index contributed by atoms with van der Waals surface area (Å²) >= 11 is 0. The Bertz CT molecular complexity index is 509. The summed E-state index contributed by atoms with van der Waals surface area (Å²) in [6.07, 6.45) is 2.44. The van der Waals surface area contributed by atoms with Crippen LogP contribution in [-0.2, 0) is 6.42 Å². The molecule has 0 aliphatic carbocycles. The Morgan fingerprint density at radius 1 is 1.18 bits per heavy atom. The van der Waals surface area contributed by atoms with Crippen LogP contribution in [0.2, 0.25) is 0 Å². The predicted molar refractivity (Wildman–Crippen MR) is 69.5 cm³/mol. The van der Waals surface area contributed by atoms with E-state index in [0.717, 1.165) is 16.9 Å². The molecule has 3 nitrogen and oxygen atoms in total. The fraction of sp³-hybridized carbons (Fsp3) is 0.214. The Hall–Kier alpha value is -2.03. The zero-order valence-electron chi connectivity index (χ0n) is 10.1. The molecule has 1 heterocycles. The van der Waals surface area contributed by atoms with Gasteiger partial charge in [-0.05, 0) is 23.8 Å². The normalized spacial score (nSPS) is 10.2. The second kappa shape index (κ2) is 4.87. The van der Waals surface area contributed by atoms with E-state index in [-0.39, 0.29) is 0 Å². The second-order valence-corrected chi connectivity index (χ2v) is 4.21. The van der Waals surface area contributed by atoms with Crippen LogP contribution in [0.3, 0.4) is 0 Å². The molecule has 1 aromatic heterocycles. The van der Waals surface area contributed by atoms with E-state index in [0.29, 0.717) is 12.2 Å². The molecule has 2 rings (SSSR count). The first-order valence-corrected chi connectivity index (χ1v) is 5.56.